The van der Waals surface area contributed by atoms with Crippen molar-refractivity contribution in [3.05, 3.63) is 222 Å². The SMILES string of the molecule is [2H]c1c([2H])c2c(c([2H])c1-c1cccc(-c3c([2H])c([2H])c4c(c3[2H])C(C([2H])([2H])[2H])(C([2H])([2H])[2H])C([2H])([2H])C([2H])([2H])C4(C([2H])([2H])[2H])C([2H])([2H])[2H])c1-[n+]1[c-]n(-c3cccc(Oc4ccc5c6ccccc6n(-c6cc(C([2H])([2H])[2H])c(-c7ccccc7)cn6)c5c4)c3)c3ccccc31)C(C([2H])([2H])[2H])(C([2H])([2H])[2H])C([2H])([2H])C([2H])([2H])C2(C([2H])([2H])[2H])C([2H])([2H])[2H]. The quantitative estimate of drug-likeness (QED) is 0.112. The molecule has 8 aromatic carbocycles. The Hall–Kier alpha value is -8.02. The molecule has 5 nitrogen and oxygen atoms in total. The summed E-state index contributed by atoms with van der Waals surface area (Å²) in [6.07, 6.45) is -14.8. The van der Waals surface area contributed by atoms with Crippen LogP contribution in [0.15, 0.2) is 188 Å². The first-order valence-corrected chi connectivity index (χ1v) is 23.6. The molecule has 0 aliphatic heterocycles. The Morgan fingerprint density at radius 1 is 0.539 bits per heavy atom. The predicted molar refractivity (Wildman–Crippen MR) is 314 cm³/mol. The maximum absolute atomic E-state index is 10.4. The lowest BCUT2D eigenvalue weighted by Gasteiger charge is -2.42. The molecule has 0 radical (unpaired) electrons. The molecular formula is C71H66N4O. The van der Waals surface area contributed by atoms with Crippen molar-refractivity contribution in [3.63, 3.8) is 0 Å². The van der Waals surface area contributed by atoms with Crippen LogP contribution in [0, 0.1) is 13.2 Å². The highest BCUT2D eigenvalue weighted by atomic mass is 16.5. The largest absolute Gasteiger partial charge is 0.458 e. The number of pyridine rings is 1. The van der Waals surface area contributed by atoms with Crippen LogP contribution in [0.2, 0.25) is 0 Å². The molecule has 2 aliphatic rings. The first kappa shape index (κ1) is 20.8. The Morgan fingerprint density at radius 3 is 1.80 bits per heavy atom. The third-order valence-electron chi connectivity index (χ3n) is 13.5. The Morgan fingerprint density at radius 2 is 1.13 bits per heavy atom. The summed E-state index contributed by atoms with van der Waals surface area (Å²) in [7, 11) is 0. The summed E-state index contributed by atoms with van der Waals surface area (Å²) in [5.74, 6) is 0.443. The number of hydrogen-bond acceptors (Lipinski definition) is 2. The smallest absolute Gasteiger partial charge is 0.269 e. The molecule has 2 aliphatic carbocycles. The van der Waals surface area contributed by atoms with E-state index in [9.17, 15) is 19.2 Å². The summed E-state index contributed by atoms with van der Waals surface area (Å²) in [5.41, 5.74) is -29.9. The molecular weight excluding hydrogens is 925 g/mol. The van der Waals surface area contributed by atoms with Crippen molar-refractivity contribution in [1.29, 1.82) is 0 Å². The summed E-state index contributed by atoms with van der Waals surface area (Å²) in [6, 6.07) is 26.2. The Kier molecular flexibility index (Phi) is 4.81. The number of rotatable bonds is 8. The van der Waals surface area contributed by atoms with Crippen LogP contribution in [0.25, 0.3) is 83.4 Å². The van der Waals surface area contributed by atoms with Gasteiger partial charge in [-0.3, -0.25) is 13.7 Å². The van der Waals surface area contributed by atoms with Gasteiger partial charge in [-0.05, 0) is 152 Å². The van der Waals surface area contributed by atoms with Crippen molar-refractivity contribution in [2.75, 3.05) is 0 Å². The minimum absolute atomic E-state index is 0.000187. The average Bonchev–Trinajstić information content (AvgIpc) is 0.951. The molecule has 0 fully saturated rings. The number of para-hydroxylation sites is 4. The lowest BCUT2D eigenvalue weighted by atomic mass is 9.62. The van der Waals surface area contributed by atoms with E-state index in [4.69, 9.17) is 46.7 Å². The number of fused-ring (bicyclic) bond motifs is 6. The van der Waals surface area contributed by atoms with Gasteiger partial charge in [0.1, 0.15) is 17.3 Å². The number of aryl methyl sites for hydroxylation is 1. The van der Waals surface area contributed by atoms with E-state index >= 15 is 0 Å². The van der Waals surface area contributed by atoms with Crippen molar-refractivity contribution in [3.8, 4) is 62.1 Å². The highest BCUT2D eigenvalue weighted by Gasteiger charge is 2.39. The first-order valence-electron chi connectivity index (χ1n) is 44.1. The van der Waals surface area contributed by atoms with Crippen LogP contribution in [0.5, 0.6) is 11.5 Å². The van der Waals surface area contributed by atoms with Crippen molar-refractivity contribution in [2.45, 2.75) is 109 Å². The molecule has 0 N–H and O–H groups in total. The number of hydrogen-bond donors (Lipinski definition) is 0. The van der Waals surface area contributed by atoms with Gasteiger partial charge in [0.05, 0.1) is 41.7 Å². The van der Waals surface area contributed by atoms with Gasteiger partial charge in [-0.15, -0.1) is 0 Å². The number of nitrogens with zero attached hydrogens (tertiary/aromatic N) is 4. The van der Waals surface area contributed by atoms with Crippen LogP contribution in [-0.2, 0) is 21.7 Å². The molecule has 376 valence electrons. The van der Waals surface area contributed by atoms with Crippen molar-refractivity contribution >= 4 is 32.8 Å². The second-order valence-corrected chi connectivity index (χ2v) is 18.5. The zero-order valence-electron chi connectivity index (χ0n) is 80.6. The standard InChI is InChI=1S/C71H66N4O/c1-46-39-66(72-44-57(46)47-19-11-10-12-20-47)75-62-26-14-13-23-55(62)56-32-31-52(43-65(56)75)76-51-22-17-21-50(42-51)73-45-74(64-28-16-15-27-63(64)73)67-53(48-29-33-58-60(40-48)70(6,7)37-35-68(58,2)3)24-18-25-54(67)49-30-34-59-61(41-49)71(8,9)38-36-69(59,4)5/h10-34,39-44H,35-38H2,1-9H3/i1D3,2D3,3D3,4D3,5D3,6D3,7D3,8D3,9D3,29D,30D,33D,34D,35D2,36D2,37D2,38D2,40D,41D. The maximum atomic E-state index is 10.4. The maximum Gasteiger partial charge on any atom is 0.269 e. The lowest BCUT2D eigenvalue weighted by Crippen LogP contribution is -2.34. The summed E-state index contributed by atoms with van der Waals surface area (Å²) >= 11 is 0. The predicted octanol–water partition coefficient (Wildman–Crippen LogP) is 18.0. The van der Waals surface area contributed by atoms with Crippen LogP contribution in [0.1, 0.15) is 164 Å². The van der Waals surface area contributed by atoms with E-state index in [2.05, 4.69) is 6.33 Å². The Labute approximate surface area is 505 Å². The normalized spacial score (nSPS) is 28.2. The number of benzene rings is 8. The van der Waals surface area contributed by atoms with E-state index in [1.54, 1.807) is 59.2 Å². The van der Waals surface area contributed by atoms with Gasteiger partial charge in [-0.25, -0.2) is 4.98 Å². The third kappa shape index (κ3) is 7.88. The van der Waals surface area contributed by atoms with E-state index in [0.29, 0.717) is 27.5 Å². The molecule has 0 spiro atoms. The van der Waals surface area contributed by atoms with Gasteiger partial charge < -0.3 is 4.74 Å². The molecule has 0 unspecified atom stereocenters. The molecule has 13 rings (SSSR count). The van der Waals surface area contributed by atoms with Gasteiger partial charge in [-0.1, -0.05) is 188 Å². The molecule has 0 atom stereocenters. The molecule has 11 aromatic rings. The van der Waals surface area contributed by atoms with Crippen LogP contribution < -0.4 is 9.30 Å². The molecule has 76 heavy (non-hydrogen) atoms. The topological polar surface area (TPSA) is 35.9 Å². The van der Waals surface area contributed by atoms with Gasteiger partial charge in [0, 0.05) is 76.6 Å². The van der Waals surface area contributed by atoms with E-state index in [0.717, 1.165) is 28.2 Å². The number of ether oxygens (including phenoxy) is 1. The zero-order chi connectivity index (χ0) is 87.2. The van der Waals surface area contributed by atoms with Crippen molar-refractivity contribution in [1.82, 2.24) is 14.1 Å². The second kappa shape index (κ2) is 17.5. The fourth-order valence-corrected chi connectivity index (χ4v) is 9.93. The molecule has 5 heteroatoms. The molecule has 0 saturated heterocycles. The Bertz CT molecular complexity index is 5660. The van der Waals surface area contributed by atoms with Gasteiger partial charge in [0.25, 0.3) is 6.33 Å². The van der Waals surface area contributed by atoms with Crippen LogP contribution in [0.4, 0.5) is 0 Å². The molecule has 3 heterocycles. The minimum Gasteiger partial charge on any atom is -0.458 e. The van der Waals surface area contributed by atoms with Crippen LogP contribution >= 0.6 is 0 Å². The molecule has 0 bridgehead atoms. The fourth-order valence-electron chi connectivity index (χ4n) is 9.93. The number of aromatic nitrogens is 4. The molecule has 0 amide bonds. The van der Waals surface area contributed by atoms with E-state index in [-0.39, 0.29) is 39.6 Å². The van der Waals surface area contributed by atoms with E-state index < -0.39 is 195 Å². The van der Waals surface area contributed by atoms with Crippen molar-refractivity contribution in [2.24, 2.45) is 0 Å². The molecule has 0 saturated carbocycles. The van der Waals surface area contributed by atoms with E-state index in [1.165, 1.54) is 65.4 Å². The monoisotopic (exact) mass is 1030 g/mol. The first-order chi connectivity index (χ1) is 53.4. The third-order valence-corrected chi connectivity index (χ3v) is 13.5. The summed E-state index contributed by atoms with van der Waals surface area (Å²) in [5, 5.41) is 1.41. The van der Waals surface area contributed by atoms with Gasteiger partial charge in [0.2, 0.25) is 0 Å². The van der Waals surface area contributed by atoms with E-state index in [1.807, 2.05) is 18.2 Å². The Balaban J connectivity index is 1.16. The fraction of sp³-hybridized carbons (Fsp3) is 0.239. The van der Waals surface area contributed by atoms with Gasteiger partial charge >= 0.3 is 0 Å². The zero-order valence-corrected chi connectivity index (χ0v) is 39.6. The summed E-state index contributed by atoms with van der Waals surface area (Å²) < 4.78 is 389. The summed E-state index contributed by atoms with van der Waals surface area (Å²) in [6.45, 7) is -39.1. The number of imidazole rings is 1. The van der Waals surface area contributed by atoms with Crippen LogP contribution in [0.3, 0.4) is 0 Å². The average molecular weight is 1030 g/mol. The second-order valence-electron chi connectivity index (χ2n) is 18.5. The van der Waals surface area contributed by atoms with Gasteiger partial charge in [-0.2, -0.15) is 0 Å². The lowest BCUT2D eigenvalue weighted by molar-refractivity contribution is -0.571. The highest BCUT2D eigenvalue weighted by molar-refractivity contribution is 6.09. The summed E-state index contributed by atoms with van der Waals surface area (Å²) in [4.78, 5) is 4.79. The van der Waals surface area contributed by atoms with Gasteiger partial charge in [0.15, 0.2) is 0 Å². The van der Waals surface area contributed by atoms with Crippen molar-refractivity contribution < 1.29 is 65.5 Å². The minimum atomic E-state index is -4.87. The molecule has 3 aromatic heterocycles. The highest BCUT2D eigenvalue weighted by Crippen LogP contribution is 2.50. The van der Waals surface area contributed by atoms with Crippen LogP contribution in [-0.4, -0.2) is 14.1 Å².